The molecule has 0 spiro atoms. The highest BCUT2D eigenvalue weighted by Crippen LogP contribution is 2.33. The lowest BCUT2D eigenvalue weighted by Crippen LogP contribution is -2.34. The van der Waals surface area contributed by atoms with Crippen LogP contribution >= 0.6 is 11.3 Å². The van der Waals surface area contributed by atoms with E-state index in [2.05, 4.69) is 16.2 Å². The summed E-state index contributed by atoms with van der Waals surface area (Å²) in [4.78, 5) is 15.0. The zero-order valence-corrected chi connectivity index (χ0v) is 19.5. The molecule has 1 saturated heterocycles. The number of carbonyl (C=O) groups is 1. The van der Waals surface area contributed by atoms with Crippen molar-refractivity contribution in [3.63, 3.8) is 0 Å². The molecule has 1 amide bonds. The van der Waals surface area contributed by atoms with E-state index in [1.807, 2.05) is 44.9 Å². The second kappa shape index (κ2) is 8.58. The van der Waals surface area contributed by atoms with Gasteiger partial charge in [-0.3, -0.25) is 4.79 Å². The lowest BCUT2D eigenvalue weighted by atomic mass is 9.95. The largest absolute Gasteiger partial charge is 0.336 e. The number of hydrogen-bond acceptors (Lipinski definition) is 4. The van der Waals surface area contributed by atoms with E-state index in [4.69, 9.17) is 0 Å². The summed E-state index contributed by atoms with van der Waals surface area (Å²) in [5, 5.41) is 4.12. The minimum atomic E-state index is -3.68. The minimum absolute atomic E-state index is 0.00566. The van der Waals surface area contributed by atoms with E-state index in [0.29, 0.717) is 4.90 Å². The van der Waals surface area contributed by atoms with Crippen LogP contribution < -0.4 is 4.72 Å². The Morgan fingerprint density at radius 3 is 2.31 bits per heavy atom. The number of thiophene rings is 1. The molecule has 0 saturated carbocycles. The average Bonchev–Trinajstić information content (AvgIpc) is 3.35. The number of rotatable bonds is 6. The monoisotopic (exact) mass is 434 g/mol. The summed E-state index contributed by atoms with van der Waals surface area (Å²) in [7, 11) is -3.68. The Hall–Kier alpha value is -1.70. The normalized spacial score (nSPS) is 17.1. The van der Waals surface area contributed by atoms with E-state index in [1.165, 1.54) is 5.56 Å². The molecule has 5 nitrogen and oxygen atoms in total. The highest BCUT2D eigenvalue weighted by molar-refractivity contribution is 7.89. The fourth-order valence-corrected chi connectivity index (χ4v) is 6.59. The molecule has 1 fully saturated rings. The van der Waals surface area contributed by atoms with Crippen LogP contribution in [-0.2, 0) is 14.8 Å². The third-order valence-electron chi connectivity index (χ3n) is 6.33. The van der Waals surface area contributed by atoms with Gasteiger partial charge in [0.15, 0.2) is 0 Å². The van der Waals surface area contributed by atoms with E-state index in [1.54, 1.807) is 11.3 Å². The molecule has 0 aliphatic carbocycles. The van der Waals surface area contributed by atoms with Gasteiger partial charge in [-0.2, -0.15) is 11.3 Å². The first-order valence-corrected chi connectivity index (χ1v) is 12.5. The van der Waals surface area contributed by atoms with Crippen LogP contribution in [0, 0.1) is 34.6 Å². The van der Waals surface area contributed by atoms with Gasteiger partial charge in [0.05, 0.1) is 10.9 Å². The molecule has 1 aromatic carbocycles. The Morgan fingerprint density at radius 2 is 1.72 bits per heavy atom. The molecular formula is C22H30N2O3S2. The molecular weight excluding hydrogens is 404 g/mol. The molecule has 7 heteroatoms. The smallest absolute Gasteiger partial charge is 0.241 e. The van der Waals surface area contributed by atoms with Crippen molar-refractivity contribution in [2.45, 2.75) is 64.8 Å². The van der Waals surface area contributed by atoms with Crippen LogP contribution in [0.5, 0.6) is 0 Å². The zero-order chi connectivity index (χ0) is 21.3. The van der Waals surface area contributed by atoms with Crippen LogP contribution in [0.15, 0.2) is 21.7 Å². The first-order chi connectivity index (χ1) is 13.6. The van der Waals surface area contributed by atoms with Crippen molar-refractivity contribution in [3.8, 4) is 0 Å². The fraction of sp³-hybridized carbons (Fsp3) is 0.500. The molecule has 1 aliphatic rings. The quantitative estimate of drug-likeness (QED) is 0.736. The predicted molar refractivity (Wildman–Crippen MR) is 118 cm³/mol. The van der Waals surface area contributed by atoms with E-state index in [9.17, 15) is 13.2 Å². The Bertz CT molecular complexity index is 982. The van der Waals surface area contributed by atoms with E-state index < -0.39 is 10.0 Å². The summed E-state index contributed by atoms with van der Waals surface area (Å²) in [6, 6.07) is 2.19. The summed E-state index contributed by atoms with van der Waals surface area (Å²) >= 11 is 1.64. The third-order valence-corrected chi connectivity index (χ3v) is 8.77. The molecule has 1 atom stereocenters. The number of sulfonamides is 1. The van der Waals surface area contributed by atoms with Crippen molar-refractivity contribution in [1.82, 2.24) is 9.62 Å². The van der Waals surface area contributed by atoms with Crippen molar-refractivity contribution >= 4 is 27.3 Å². The molecule has 1 aliphatic heterocycles. The van der Waals surface area contributed by atoms with Gasteiger partial charge >= 0.3 is 0 Å². The number of carbonyl (C=O) groups excluding carboxylic acids is 1. The summed E-state index contributed by atoms with van der Waals surface area (Å²) in [6.45, 7) is 10.5. The maximum Gasteiger partial charge on any atom is 0.241 e. The van der Waals surface area contributed by atoms with Crippen LogP contribution in [0.4, 0.5) is 0 Å². The standard InChI is InChI=1S/C22H30N2O3S2/c1-14-15(2)17(4)22(18(5)16(14)3)29(26,27)23-10-8-21(25)24-11-6-7-20(24)19-9-12-28-13-19/h9,12-13,20,23H,6-8,10-11H2,1-5H3. The summed E-state index contributed by atoms with van der Waals surface area (Å²) in [5.74, 6) is 0.00566. The molecule has 158 valence electrons. The summed E-state index contributed by atoms with van der Waals surface area (Å²) in [6.07, 6.45) is 2.12. The zero-order valence-electron chi connectivity index (χ0n) is 17.8. The summed E-state index contributed by atoms with van der Waals surface area (Å²) in [5.41, 5.74) is 5.87. The van der Waals surface area contributed by atoms with E-state index in [-0.39, 0.29) is 24.9 Å². The maximum atomic E-state index is 13.0. The van der Waals surface area contributed by atoms with Crippen LogP contribution in [0.25, 0.3) is 0 Å². The second-order valence-electron chi connectivity index (χ2n) is 7.90. The SMILES string of the molecule is Cc1c(C)c(C)c(S(=O)(=O)NCCC(=O)N2CCCC2c2ccsc2)c(C)c1C. The number of likely N-dealkylation sites (tertiary alicyclic amines) is 1. The molecule has 1 aromatic heterocycles. The van der Waals surface area contributed by atoms with Gasteiger partial charge in [-0.1, -0.05) is 0 Å². The van der Waals surface area contributed by atoms with Crippen molar-refractivity contribution in [3.05, 3.63) is 50.2 Å². The molecule has 1 unspecified atom stereocenters. The van der Waals surface area contributed by atoms with Gasteiger partial charge in [0.2, 0.25) is 15.9 Å². The predicted octanol–water partition coefficient (Wildman–Crippen LogP) is 4.32. The summed E-state index contributed by atoms with van der Waals surface area (Å²) < 4.78 is 28.7. The highest BCUT2D eigenvalue weighted by Gasteiger charge is 2.30. The van der Waals surface area contributed by atoms with Crippen molar-refractivity contribution in [1.29, 1.82) is 0 Å². The minimum Gasteiger partial charge on any atom is -0.336 e. The number of hydrogen-bond donors (Lipinski definition) is 1. The van der Waals surface area contributed by atoms with Crippen molar-refractivity contribution in [2.75, 3.05) is 13.1 Å². The van der Waals surface area contributed by atoms with Crippen LogP contribution in [-0.4, -0.2) is 32.3 Å². The molecule has 2 heterocycles. The van der Waals surface area contributed by atoms with Gasteiger partial charge in [0.1, 0.15) is 0 Å². The average molecular weight is 435 g/mol. The number of nitrogens with zero attached hydrogens (tertiary/aromatic N) is 1. The van der Waals surface area contributed by atoms with Crippen LogP contribution in [0.2, 0.25) is 0 Å². The third kappa shape index (κ3) is 4.27. The molecule has 29 heavy (non-hydrogen) atoms. The molecule has 0 bridgehead atoms. The lowest BCUT2D eigenvalue weighted by Gasteiger charge is -2.24. The number of amides is 1. The Balaban J connectivity index is 1.70. The topological polar surface area (TPSA) is 66.5 Å². The maximum absolute atomic E-state index is 13.0. The first kappa shape index (κ1) is 22.0. The highest BCUT2D eigenvalue weighted by atomic mass is 32.2. The van der Waals surface area contributed by atoms with Gasteiger partial charge < -0.3 is 4.90 Å². The van der Waals surface area contributed by atoms with Gasteiger partial charge in [0, 0.05) is 19.5 Å². The molecule has 2 aromatic rings. The fourth-order valence-electron chi connectivity index (χ4n) is 4.25. The van der Waals surface area contributed by atoms with Gasteiger partial charge in [-0.15, -0.1) is 0 Å². The van der Waals surface area contributed by atoms with Crippen LogP contribution in [0.1, 0.15) is 58.7 Å². The number of nitrogens with one attached hydrogen (secondary N) is 1. The first-order valence-electron chi connectivity index (χ1n) is 10.0. The van der Waals surface area contributed by atoms with Crippen LogP contribution in [0.3, 0.4) is 0 Å². The molecule has 1 N–H and O–H groups in total. The Kier molecular flexibility index (Phi) is 6.51. The number of benzene rings is 1. The molecule has 3 rings (SSSR count). The van der Waals surface area contributed by atoms with Crippen molar-refractivity contribution in [2.24, 2.45) is 0 Å². The molecule has 0 radical (unpaired) electrons. The Labute approximate surface area is 178 Å². The van der Waals surface area contributed by atoms with Gasteiger partial charge in [-0.25, -0.2) is 13.1 Å². The van der Waals surface area contributed by atoms with E-state index in [0.717, 1.165) is 47.2 Å². The Morgan fingerprint density at radius 1 is 1.10 bits per heavy atom. The van der Waals surface area contributed by atoms with E-state index >= 15 is 0 Å². The van der Waals surface area contributed by atoms with Crippen molar-refractivity contribution < 1.29 is 13.2 Å². The van der Waals surface area contributed by atoms with Gasteiger partial charge in [-0.05, 0) is 97.7 Å². The lowest BCUT2D eigenvalue weighted by molar-refractivity contribution is -0.131. The van der Waals surface area contributed by atoms with Gasteiger partial charge in [0.25, 0.3) is 0 Å². The second-order valence-corrected chi connectivity index (χ2v) is 10.4.